The Balaban J connectivity index is 1.41. The summed E-state index contributed by atoms with van der Waals surface area (Å²) in [6.45, 7) is 1.02. The quantitative estimate of drug-likeness (QED) is 0.805. The molecule has 1 heterocycles. The molecule has 3 atom stereocenters. The van der Waals surface area contributed by atoms with Crippen LogP contribution >= 0.6 is 0 Å². The van der Waals surface area contributed by atoms with Crippen molar-refractivity contribution in [2.75, 3.05) is 13.1 Å². The number of rotatable bonds is 3. The summed E-state index contributed by atoms with van der Waals surface area (Å²) < 4.78 is 0. The summed E-state index contributed by atoms with van der Waals surface area (Å²) in [5, 5.41) is 23.1. The minimum Gasteiger partial charge on any atom is -0.390 e. The van der Waals surface area contributed by atoms with Gasteiger partial charge < -0.3 is 15.3 Å². The molecule has 4 bridgehead atoms. The molecule has 1 aliphatic heterocycles. The molecule has 0 aromatic carbocycles. The van der Waals surface area contributed by atoms with Gasteiger partial charge in [-0.05, 0) is 56.8 Å². The molecule has 5 aliphatic rings. The molecule has 5 fully saturated rings. The fourth-order valence-corrected chi connectivity index (χ4v) is 5.61. The molecule has 5 nitrogen and oxygen atoms in total. The minimum atomic E-state index is -0.494. The summed E-state index contributed by atoms with van der Waals surface area (Å²) in [6, 6.07) is 1.95. The molecule has 0 radical (unpaired) electrons. The first-order chi connectivity index (χ1) is 10.0. The van der Waals surface area contributed by atoms with Crippen LogP contribution in [0.1, 0.15) is 44.9 Å². The van der Waals surface area contributed by atoms with Crippen LogP contribution in [-0.2, 0) is 4.79 Å². The first-order valence-electron chi connectivity index (χ1n) is 8.17. The van der Waals surface area contributed by atoms with E-state index < -0.39 is 5.60 Å². The van der Waals surface area contributed by atoms with Gasteiger partial charge in [-0.15, -0.1) is 0 Å². The van der Waals surface area contributed by atoms with Crippen LogP contribution in [0, 0.1) is 23.2 Å². The minimum absolute atomic E-state index is 0.0375. The van der Waals surface area contributed by atoms with Crippen LogP contribution in [0.2, 0.25) is 0 Å². The van der Waals surface area contributed by atoms with Crippen molar-refractivity contribution in [2.45, 2.75) is 62.1 Å². The van der Waals surface area contributed by atoms with Crippen LogP contribution in [-0.4, -0.2) is 46.2 Å². The SMILES string of the molecule is N#C[C@@H]1CCN1C(=O)CNC12CC3CC(CC(O)(C3)C1)C2. The lowest BCUT2D eigenvalue weighted by molar-refractivity contribution is -0.149. The van der Waals surface area contributed by atoms with E-state index in [9.17, 15) is 9.90 Å². The molecule has 5 rings (SSSR count). The number of nitriles is 1. The van der Waals surface area contributed by atoms with Crippen LogP contribution in [0.15, 0.2) is 0 Å². The third-order valence-corrected chi connectivity index (χ3v) is 6.13. The average molecular weight is 289 g/mol. The van der Waals surface area contributed by atoms with Crippen molar-refractivity contribution in [1.82, 2.24) is 10.2 Å². The van der Waals surface area contributed by atoms with Crippen molar-refractivity contribution >= 4 is 5.91 Å². The van der Waals surface area contributed by atoms with E-state index in [1.165, 1.54) is 6.42 Å². The summed E-state index contributed by atoms with van der Waals surface area (Å²) in [6.07, 6.45) is 6.94. The highest BCUT2D eigenvalue weighted by Gasteiger charge is 2.57. The van der Waals surface area contributed by atoms with E-state index in [0.29, 0.717) is 24.9 Å². The fourth-order valence-electron chi connectivity index (χ4n) is 5.61. The zero-order valence-corrected chi connectivity index (χ0v) is 12.3. The van der Waals surface area contributed by atoms with Gasteiger partial charge in [-0.2, -0.15) is 5.26 Å². The molecular formula is C16H23N3O2. The highest BCUT2D eigenvalue weighted by Crippen LogP contribution is 2.57. The number of nitrogens with zero attached hydrogens (tertiary/aromatic N) is 2. The van der Waals surface area contributed by atoms with Gasteiger partial charge in [0.15, 0.2) is 0 Å². The van der Waals surface area contributed by atoms with Gasteiger partial charge in [0.1, 0.15) is 6.04 Å². The standard InChI is InChI=1S/C16H23N3O2/c17-8-13-1-2-19(13)14(20)9-18-15-4-11-3-12(5-15)7-16(21,6-11)10-15/h11-13,18,21H,1-7,9-10H2/t11?,12?,13-,15?,16?/m0/s1. The molecule has 0 aromatic heterocycles. The Labute approximate surface area is 125 Å². The predicted molar refractivity (Wildman–Crippen MR) is 76.1 cm³/mol. The zero-order chi connectivity index (χ0) is 14.7. The van der Waals surface area contributed by atoms with E-state index in [4.69, 9.17) is 5.26 Å². The number of nitrogens with one attached hydrogen (secondary N) is 1. The van der Waals surface area contributed by atoms with Crippen molar-refractivity contribution in [3.05, 3.63) is 0 Å². The number of carbonyl (C=O) groups is 1. The van der Waals surface area contributed by atoms with Crippen molar-refractivity contribution in [3.8, 4) is 6.07 Å². The normalized spacial score (nSPS) is 47.0. The van der Waals surface area contributed by atoms with E-state index in [2.05, 4.69) is 11.4 Å². The maximum atomic E-state index is 12.2. The highest BCUT2D eigenvalue weighted by molar-refractivity contribution is 5.80. The van der Waals surface area contributed by atoms with Gasteiger partial charge in [0, 0.05) is 12.1 Å². The number of carbonyl (C=O) groups excluding carboxylic acids is 1. The lowest BCUT2D eigenvalue weighted by Crippen LogP contribution is -2.66. The number of hydrogen-bond acceptors (Lipinski definition) is 4. The third-order valence-electron chi connectivity index (χ3n) is 6.13. The maximum Gasteiger partial charge on any atom is 0.237 e. The second-order valence-electron chi connectivity index (χ2n) is 7.84. The molecule has 1 saturated heterocycles. The summed E-state index contributed by atoms with van der Waals surface area (Å²) in [7, 11) is 0. The van der Waals surface area contributed by atoms with Gasteiger partial charge >= 0.3 is 0 Å². The van der Waals surface area contributed by atoms with E-state index >= 15 is 0 Å². The van der Waals surface area contributed by atoms with Crippen molar-refractivity contribution in [3.63, 3.8) is 0 Å². The van der Waals surface area contributed by atoms with E-state index in [-0.39, 0.29) is 17.5 Å². The van der Waals surface area contributed by atoms with Crippen molar-refractivity contribution in [1.29, 1.82) is 5.26 Å². The number of hydrogen-bond donors (Lipinski definition) is 2. The third kappa shape index (κ3) is 2.16. The first-order valence-corrected chi connectivity index (χ1v) is 8.17. The molecule has 2 N–H and O–H groups in total. The molecular weight excluding hydrogens is 266 g/mol. The van der Waals surface area contributed by atoms with Gasteiger partial charge in [-0.1, -0.05) is 0 Å². The molecule has 4 aliphatic carbocycles. The Morgan fingerprint density at radius 3 is 2.57 bits per heavy atom. The Morgan fingerprint density at radius 2 is 2.05 bits per heavy atom. The monoisotopic (exact) mass is 289 g/mol. The van der Waals surface area contributed by atoms with Crippen LogP contribution < -0.4 is 5.32 Å². The Kier molecular flexibility index (Phi) is 2.86. The smallest absolute Gasteiger partial charge is 0.237 e. The maximum absolute atomic E-state index is 12.2. The topological polar surface area (TPSA) is 76.4 Å². The second kappa shape index (κ2) is 4.44. The summed E-state index contributed by atoms with van der Waals surface area (Å²) in [5.41, 5.74) is -0.534. The number of amides is 1. The molecule has 1 amide bonds. The Hall–Kier alpha value is -1.12. The lowest BCUT2D eigenvalue weighted by Gasteiger charge is -2.60. The van der Waals surface area contributed by atoms with Crippen molar-refractivity contribution < 1.29 is 9.90 Å². The number of likely N-dealkylation sites (tertiary alicyclic amines) is 1. The first kappa shape index (κ1) is 13.5. The molecule has 21 heavy (non-hydrogen) atoms. The molecule has 2 unspecified atom stereocenters. The fraction of sp³-hybridized carbons (Fsp3) is 0.875. The van der Waals surface area contributed by atoms with Crippen LogP contribution in [0.3, 0.4) is 0 Å². The Morgan fingerprint density at radius 1 is 1.33 bits per heavy atom. The average Bonchev–Trinajstić information content (AvgIpc) is 2.33. The van der Waals surface area contributed by atoms with Crippen molar-refractivity contribution in [2.24, 2.45) is 11.8 Å². The molecule has 114 valence electrons. The van der Waals surface area contributed by atoms with Crippen LogP contribution in [0.25, 0.3) is 0 Å². The van der Waals surface area contributed by atoms with E-state index in [0.717, 1.165) is 38.5 Å². The van der Waals surface area contributed by atoms with Gasteiger partial charge in [0.25, 0.3) is 0 Å². The lowest BCUT2D eigenvalue weighted by atomic mass is 9.51. The predicted octanol–water partition coefficient (Wildman–Crippen LogP) is 0.784. The number of aliphatic hydroxyl groups is 1. The van der Waals surface area contributed by atoms with Gasteiger partial charge in [-0.3, -0.25) is 4.79 Å². The second-order valence-corrected chi connectivity index (χ2v) is 7.84. The van der Waals surface area contributed by atoms with E-state index in [1.807, 2.05) is 0 Å². The summed E-state index contributed by atoms with van der Waals surface area (Å²) >= 11 is 0. The van der Waals surface area contributed by atoms with Gasteiger partial charge in [0.2, 0.25) is 5.91 Å². The molecule has 0 aromatic rings. The largest absolute Gasteiger partial charge is 0.390 e. The summed E-state index contributed by atoms with van der Waals surface area (Å²) in [5.74, 6) is 1.28. The van der Waals surface area contributed by atoms with Crippen LogP contribution in [0.4, 0.5) is 0 Å². The Bertz CT molecular complexity index is 498. The zero-order valence-electron chi connectivity index (χ0n) is 12.3. The molecule has 4 saturated carbocycles. The molecule has 0 spiro atoms. The van der Waals surface area contributed by atoms with Crippen LogP contribution in [0.5, 0.6) is 0 Å². The summed E-state index contributed by atoms with van der Waals surface area (Å²) in [4.78, 5) is 13.9. The van der Waals surface area contributed by atoms with Gasteiger partial charge in [0.05, 0.1) is 18.2 Å². The highest BCUT2D eigenvalue weighted by atomic mass is 16.3. The van der Waals surface area contributed by atoms with E-state index in [1.54, 1.807) is 4.90 Å². The van der Waals surface area contributed by atoms with Gasteiger partial charge in [-0.25, -0.2) is 0 Å². The molecule has 5 heteroatoms.